The third kappa shape index (κ3) is 2.80. The van der Waals surface area contributed by atoms with Gasteiger partial charge < -0.3 is 10.5 Å². The van der Waals surface area contributed by atoms with Crippen LogP contribution < -0.4 is 5.73 Å². The maximum Gasteiger partial charge on any atom is 0.404 e. The minimum Gasteiger partial charge on any atom is -0.450 e. The largest absolute Gasteiger partial charge is 0.450 e. The van der Waals surface area contributed by atoms with Crippen molar-refractivity contribution in [2.45, 2.75) is 31.1 Å². The van der Waals surface area contributed by atoms with E-state index in [0.29, 0.717) is 6.61 Å². The smallest absolute Gasteiger partial charge is 0.404 e. The van der Waals surface area contributed by atoms with Gasteiger partial charge in [0.15, 0.2) is 0 Å². The molecule has 92 valence electrons. The number of amides is 1. The predicted octanol–water partition coefficient (Wildman–Crippen LogP) is 3.36. The number of halogens is 1. The normalized spacial score (nSPS) is 17.2. The fourth-order valence-electron chi connectivity index (χ4n) is 2.44. The number of carbonyl (C=O) groups excluding carboxylic acids is 1. The maximum atomic E-state index is 10.6. The van der Waals surface area contributed by atoms with Gasteiger partial charge >= 0.3 is 6.09 Å². The van der Waals surface area contributed by atoms with Crippen LogP contribution in [0.4, 0.5) is 4.79 Å². The zero-order chi connectivity index (χ0) is 12.3. The van der Waals surface area contributed by atoms with Crippen molar-refractivity contribution in [1.82, 2.24) is 0 Å². The summed E-state index contributed by atoms with van der Waals surface area (Å²) in [6.07, 6.45) is 3.74. The molecule has 2 N–H and O–H groups in total. The van der Waals surface area contributed by atoms with Crippen LogP contribution in [0.2, 0.25) is 0 Å². The quantitative estimate of drug-likeness (QED) is 0.926. The zero-order valence-electron chi connectivity index (χ0n) is 9.62. The van der Waals surface area contributed by atoms with Gasteiger partial charge in [-0.1, -0.05) is 34.5 Å². The summed E-state index contributed by atoms with van der Waals surface area (Å²) in [5, 5.41) is 0. The van der Waals surface area contributed by atoms with Crippen LogP contribution in [-0.2, 0) is 10.2 Å². The van der Waals surface area contributed by atoms with Crippen molar-refractivity contribution in [3.63, 3.8) is 0 Å². The second kappa shape index (κ2) is 5.08. The van der Waals surface area contributed by atoms with Gasteiger partial charge in [0.05, 0.1) is 6.61 Å². The van der Waals surface area contributed by atoms with E-state index in [0.717, 1.165) is 23.7 Å². The molecule has 1 amide bonds. The summed E-state index contributed by atoms with van der Waals surface area (Å²) in [5.74, 6) is 0. The number of ether oxygens (including phenoxy) is 1. The Bertz CT molecular complexity index is 398. The van der Waals surface area contributed by atoms with Crippen molar-refractivity contribution in [3.8, 4) is 0 Å². The van der Waals surface area contributed by atoms with E-state index in [1.54, 1.807) is 0 Å². The number of benzene rings is 1. The fraction of sp³-hybridized carbons (Fsp3) is 0.462. The van der Waals surface area contributed by atoms with Crippen molar-refractivity contribution in [1.29, 1.82) is 0 Å². The summed E-state index contributed by atoms with van der Waals surface area (Å²) in [5.41, 5.74) is 6.50. The average Bonchev–Trinajstić information content (AvgIpc) is 2.23. The van der Waals surface area contributed by atoms with Crippen LogP contribution in [0.1, 0.15) is 31.2 Å². The molecule has 0 aliphatic heterocycles. The molecule has 0 spiro atoms. The zero-order valence-corrected chi connectivity index (χ0v) is 11.2. The first kappa shape index (κ1) is 12.4. The Labute approximate surface area is 109 Å². The molecule has 1 aliphatic rings. The second-order valence-electron chi connectivity index (χ2n) is 4.56. The highest BCUT2D eigenvalue weighted by atomic mass is 79.9. The minimum atomic E-state index is -0.685. The van der Waals surface area contributed by atoms with Gasteiger partial charge in [0.1, 0.15) is 0 Å². The molecule has 0 atom stereocenters. The lowest BCUT2D eigenvalue weighted by Gasteiger charge is -2.42. The van der Waals surface area contributed by atoms with Crippen LogP contribution in [-0.4, -0.2) is 12.7 Å². The first-order chi connectivity index (χ1) is 8.12. The molecule has 17 heavy (non-hydrogen) atoms. The molecular formula is C13H16BrNO2. The molecule has 1 aromatic rings. The molecule has 0 radical (unpaired) electrons. The number of hydrogen-bond donors (Lipinski definition) is 1. The van der Waals surface area contributed by atoms with Gasteiger partial charge in [0.25, 0.3) is 0 Å². The van der Waals surface area contributed by atoms with E-state index in [1.165, 1.54) is 12.0 Å². The monoisotopic (exact) mass is 297 g/mol. The van der Waals surface area contributed by atoms with Crippen molar-refractivity contribution in [3.05, 3.63) is 34.3 Å². The number of primary amides is 1. The van der Waals surface area contributed by atoms with Gasteiger partial charge in [-0.25, -0.2) is 4.79 Å². The van der Waals surface area contributed by atoms with Crippen molar-refractivity contribution in [2.24, 2.45) is 5.73 Å². The summed E-state index contributed by atoms with van der Waals surface area (Å²) in [7, 11) is 0. The molecule has 4 heteroatoms. The molecule has 1 fully saturated rings. The van der Waals surface area contributed by atoms with Crippen LogP contribution >= 0.6 is 15.9 Å². The first-order valence-corrected chi connectivity index (χ1v) is 6.60. The Kier molecular flexibility index (Phi) is 3.72. The summed E-state index contributed by atoms with van der Waals surface area (Å²) in [4.78, 5) is 10.6. The summed E-state index contributed by atoms with van der Waals surface area (Å²) >= 11 is 3.44. The van der Waals surface area contributed by atoms with Crippen LogP contribution in [0.25, 0.3) is 0 Å². The number of hydrogen-bond acceptors (Lipinski definition) is 2. The second-order valence-corrected chi connectivity index (χ2v) is 5.47. The topological polar surface area (TPSA) is 52.3 Å². The highest BCUT2D eigenvalue weighted by Gasteiger charge is 2.38. The molecule has 0 unspecified atom stereocenters. The Morgan fingerprint density at radius 1 is 1.35 bits per heavy atom. The Balaban J connectivity index is 2.03. The van der Waals surface area contributed by atoms with Gasteiger partial charge in [-0.15, -0.1) is 0 Å². The fourth-order valence-corrected chi connectivity index (χ4v) is 2.70. The molecule has 1 aromatic carbocycles. The number of rotatable bonds is 4. The van der Waals surface area contributed by atoms with E-state index in [4.69, 9.17) is 10.5 Å². The van der Waals surface area contributed by atoms with Gasteiger partial charge in [0, 0.05) is 4.47 Å². The molecule has 1 aliphatic carbocycles. The number of nitrogens with two attached hydrogens (primary N) is 1. The Morgan fingerprint density at radius 2 is 2.00 bits per heavy atom. The maximum absolute atomic E-state index is 10.6. The van der Waals surface area contributed by atoms with Crippen LogP contribution in [0.5, 0.6) is 0 Å². The van der Waals surface area contributed by atoms with E-state index >= 15 is 0 Å². The molecule has 3 nitrogen and oxygen atoms in total. The standard InChI is InChI=1S/C13H16BrNO2/c14-11-4-2-10(3-5-11)13(6-1-7-13)8-9-17-12(15)16/h2-5H,1,6-9H2,(H2,15,16). The molecule has 2 rings (SSSR count). The van der Waals surface area contributed by atoms with Crippen LogP contribution in [0, 0.1) is 0 Å². The molecule has 0 saturated heterocycles. The lowest BCUT2D eigenvalue weighted by molar-refractivity contribution is 0.124. The Hall–Kier alpha value is -1.03. The third-order valence-corrected chi connectivity index (χ3v) is 4.12. The van der Waals surface area contributed by atoms with Gasteiger partial charge in [-0.2, -0.15) is 0 Å². The summed E-state index contributed by atoms with van der Waals surface area (Å²) in [6.45, 7) is 0.408. The first-order valence-electron chi connectivity index (χ1n) is 5.81. The highest BCUT2D eigenvalue weighted by Crippen LogP contribution is 2.46. The number of carbonyl (C=O) groups is 1. The lowest BCUT2D eigenvalue weighted by Crippen LogP contribution is -2.36. The summed E-state index contributed by atoms with van der Waals surface area (Å²) in [6, 6.07) is 8.41. The molecule has 0 heterocycles. The van der Waals surface area contributed by atoms with Gasteiger partial charge in [0.2, 0.25) is 0 Å². The van der Waals surface area contributed by atoms with Crippen LogP contribution in [0.3, 0.4) is 0 Å². The van der Waals surface area contributed by atoms with Gasteiger partial charge in [-0.05, 0) is 42.4 Å². The predicted molar refractivity (Wildman–Crippen MR) is 69.8 cm³/mol. The van der Waals surface area contributed by atoms with Crippen molar-refractivity contribution >= 4 is 22.0 Å². The van der Waals surface area contributed by atoms with Crippen molar-refractivity contribution in [2.75, 3.05) is 6.61 Å². The molecule has 0 aromatic heterocycles. The van der Waals surface area contributed by atoms with Gasteiger partial charge in [-0.3, -0.25) is 0 Å². The van der Waals surface area contributed by atoms with E-state index in [-0.39, 0.29) is 5.41 Å². The van der Waals surface area contributed by atoms with Crippen molar-refractivity contribution < 1.29 is 9.53 Å². The van der Waals surface area contributed by atoms with E-state index in [1.807, 2.05) is 0 Å². The third-order valence-electron chi connectivity index (χ3n) is 3.59. The molecular weight excluding hydrogens is 282 g/mol. The molecule has 0 bridgehead atoms. The average molecular weight is 298 g/mol. The summed E-state index contributed by atoms with van der Waals surface area (Å²) < 4.78 is 5.94. The minimum absolute atomic E-state index is 0.191. The lowest BCUT2D eigenvalue weighted by atomic mass is 9.63. The van der Waals surface area contributed by atoms with E-state index in [9.17, 15) is 4.79 Å². The Morgan fingerprint density at radius 3 is 2.47 bits per heavy atom. The van der Waals surface area contributed by atoms with E-state index in [2.05, 4.69) is 40.2 Å². The highest BCUT2D eigenvalue weighted by molar-refractivity contribution is 9.10. The van der Waals surface area contributed by atoms with E-state index < -0.39 is 6.09 Å². The van der Waals surface area contributed by atoms with Crippen LogP contribution in [0.15, 0.2) is 28.7 Å². The molecule has 1 saturated carbocycles. The SMILES string of the molecule is NC(=O)OCCC1(c2ccc(Br)cc2)CCC1.